The molecule has 1 aromatic carbocycles. The normalized spacial score (nSPS) is 19.1. The van der Waals surface area contributed by atoms with Gasteiger partial charge in [0.15, 0.2) is 0 Å². The highest BCUT2D eigenvalue weighted by Crippen LogP contribution is 2.30. The quantitative estimate of drug-likeness (QED) is 0.621. The fraction of sp³-hybridized carbons (Fsp3) is 0.462. The standard InChI is InChI=1S/C13H16BrNO2/c1-13(2,3)17-12(16)11-8-15(11)10-6-4-9(14)5-7-10/h4-7,11H,8H2,1-3H3/t11-,15?/m0/s1. The summed E-state index contributed by atoms with van der Waals surface area (Å²) in [7, 11) is 0. The molecular formula is C13H16BrNO2. The number of carbonyl (C=O) groups excluding carboxylic acids is 1. The van der Waals surface area contributed by atoms with Crippen molar-refractivity contribution in [3.05, 3.63) is 28.7 Å². The second-order valence-electron chi connectivity index (χ2n) is 5.18. The van der Waals surface area contributed by atoms with Gasteiger partial charge in [-0.1, -0.05) is 15.9 Å². The van der Waals surface area contributed by atoms with Gasteiger partial charge in [0.2, 0.25) is 0 Å². The van der Waals surface area contributed by atoms with E-state index < -0.39 is 5.60 Å². The Labute approximate surface area is 110 Å². The fourth-order valence-electron chi connectivity index (χ4n) is 1.63. The van der Waals surface area contributed by atoms with E-state index in [1.54, 1.807) is 0 Å². The minimum Gasteiger partial charge on any atom is -0.458 e. The van der Waals surface area contributed by atoms with E-state index in [-0.39, 0.29) is 12.0 Å². The molecule has 0 aliphatic carbocycles. The van der Waals surface area contributed by atoms with Gasteiger partial charge in [0, 0.05) is 10.2 Å². The van der Waals surface area contributed by atoms with E-state index in [9.17, 15) is 4.79 Å². The lowest BCUT2D eigenvalue weighted by Gasteiger charge is -2.19. The summed E-state index contributed by atoms with van der Waals surface area (Å²) in [6, 6.07) is 7.82. The van der Waals surface area contributed by atoms with Crippen molar-refractivity contribution in [2.45, 2.75) is 32.4 Å². The van der Waals surface area contributed by atoms with Crippen LogP contribution in [0.5, 0.6) is 0 Å². The van der Waals surface area contributed by atoms with Crippen LogP contribution in [0.4, 0.5) is 5.69 Å². The van der Waals surface area contributed by atoms with Gasteiger partial charge in [-0.05, 0) is 45.0 Å². The second-order valence-corrected chi connectivity index (χ2v) is 6.09. The minimum atomic E-state index is -0.412. The first kappa shape index (κ1) is 12.4. The number of benzene rings is 1. The van der Waals surface area contributed by atoms with Crippen molar-refractivity contribution >= 4 is 27.6 Å². The van der Waals surface area contributed by atoms with Crippen LogP contribution in [0.15, 0.2) is 28.7 Å². The number of halogens is 1. The highest BCUT2D eigenvalue weighted by atomic mass is 79.9. The smallest absolute Gasteiger partial charge is 0.331 e. The largest absolute Gasteiger partial charge is 0.458 e. The molecule has 0 saturated carbocycles. The van der Waals surface area contributed by atoms with E-state index >= 15 is 0 Å². The third-order valence-corrected chi connectivity index (χ3v) is 2.98. The van der Waals surface area contributed by atoms with Crippen molar-refractivity contribution in [2.75, 3.05) is 11.4 Å². The Bertz CT molecular complexity index is 422. The first-order valence-corrected chi connectivity index (χ1v) is 6.41. The average molecular weight is 298 g/mol. The summed E-state index contributed by atoms with van der Waals surface area (Å²) in [6.45, 7) is 6.41. The van der Waals surface area contributed by atoms with E-state index in [1.807, 2.05) is 49.9 Å². The van der Waals surface area contributed by atoms with Gasteiger partial charge in [0.1, 0.15) is 11.6 Å². The summed E-state index contributed by atoms with van der Waals surface area (Å²) < 4.78 is 6.39. The van der Waals surface area contributed by atoms with Crippen molar-refractivity contribution in [1.29, 1.82) is 0 Å². The maximum atomic E-state index is 11.8. The van der Waals surface area contributed by atoms with Crippen LogP contribution in [0.25, 0.3) is 0 Å². The Hall–Kier alpha value is -1.03. The molecule has 0 spiro atoms. The van der Waals surface area contributed by atoms with Crippen LogP contribution >= 0.6 is 15.9 Å². The summed E-state index contributed by atoms with van der Waals surface area (Å²) >= 11 is 3.39. The summed E-state index contributed by atoms with van der Waals surface area (Å²) in [6.07, 6.45) is 0. The molecule has 1 fully saturated rings. The van der Waals surface area contributed by atoms with E-state index in [1.165, 1.54) is 0 Å². The molecule has 1 aliphatic heterocycles. The zero-order valence-electron chi connectivity index (χ0n) is 10.2. The molecule has 0 amide bonds. The number of esters is 1. The van der Waals surface area contributed by atoms with Crippen LogP contribution in [0, 0.1) is 0 Å². The fourth-order valence-corrected chi connectivity index (χ4v) is 1.89. The van der Waals surface area contributed by atoms with Gasteiger partial charge in [0.05, 0.1) is 6.54 Å². The van der Waals surface area contributed by atoms with Crippen molar-refractivity contribution in [3.8, 4) is 0 Å². The van der Waals surface area contributed by atoms with Crippen molar-refractivity contribution in [1.82, 2.24) is 0 Å². The van der Waals surface area contributed by atoms with E-state index in [4.69, 9.17) is 4.74 Å². The molecule has 1 aliphatic rings. The van der Waals surface area contributed by atoms with Gasteiger partial charge in [0.25, 0.3) is 0 Å². The number of rotatable bonds is 2. The van der Waals surface area contributed by atoms with Crippen LogP contribution < -0.4 is 4.90 Å². The molecule has 3 nitrogen and oxygen atoms in total. The van der Waals surface area contributed by atoms with Gasteiger partial charge >= 0.3 is 5.97 Å². The Morgan fingerprint density at radius 3 is 2.47 bits per heavy atom. The monoisotopic (exact) mass is 297 g/mol. The van der Waals surface area contributed by atoms with Gasteiger partial charge in [-0.25, -0.2) is 4.79 Å². The van der Waals surface area contributed by atoms with E-state index in [0.29, 0.717) is 0 Å². The van der Waals surface area contributed by atoms with Crippen LogP contribution in [0.2, 0.25) is 0 Å². The number of nitrogens with zero attached hydrogens (tertiary/aromatic N) is 1. The van der Waals surface area contributed by atoms with Gasteiger partial charge in [-0.3, -0.25) is 0 Å². The minimum absolute atomic E-state index is 0.115. The van der Waals surface area contributed by atoms with Crippen molar-refractivity contribution in [2.24, 2.45) is 0 Å². The van der Waals surface area contributed by atoms with E-state index in [0.717, 1.165) is 16.7 Å². The highest BCUT2D eigenvalue weighted by molar-refractivity contribution is 9.10. The predicted molar refractivity (Wildman–Crippen MR) is 71.1 cm³/mol. The molecule has 1 saturated heterocycles. The number of carbonyl (C=O) groups is 1. The third-order valence-electron chi connectivity index (χ3n) is 2.45. The van der Waals surface area contributed by atoms with Crippen LogP contribution in [-0.2, 0) is 9.53 Å². The molecular weight excluding hydrogens is 282 g/mol. The van der Waals surface area contributed by atoms with Crippen LogP contribution in [-0.4, -0.2) is 24.2 Å². The SMILES string of the molecule is CC(C)(C)OC(=O)[C@@H]1CN1c1ccc(Br)cc1. The topological polar surface area (TPSA) is 29.3 Å². The molecule has 1 heterocycles. The molecule has 4 heteroatoms. The van der Waals surface area contributed by atoms with Gasteiger partial charge in [-0.15, -0.1) is 0 Å². The third kappa shape index (κ3) is 3.22. The molecule has 0 N–H and O–H groups in total. The van der Waals surface area contributed by atoms with E-state index in [2.05, 4.69) is 15.9 Å². The molecule has 0 bridgehead atoms. The number of anilines is 1. The Kier molecular flexibility index (Phi) is 3.17. The Morgan fingerprint density at radius 1 is 1.35 bits per heavy atom. The summed E-state index contributed by atoms with van der Waals surface area (Å²) in [4.78, 5) is 13.8. The van der Waals surface area contributed by atoms with Gasteiger partial charge in [-0.2, -0.15) is 0 Å². The molecule has 2 rings (SSSR count). The lowest BCUT2D eigenvalue weighted by molar-refractivity contribution is -0.153. The first-order chi connectivity index (χ1) is 7.87. The van der Waals surface area contributed by atoms with Crippen LogP contribution in [0.1, 0.15) is 20.8 Å². The van der Waals surface area contributed by atoms with Crippen molar-refractivity contribution in [3.63, 3.8) is 0 Å². The van der Waals surface area contributed by atoms with Gasteiger partial charge < -0.3 is 9.64 Å². The summed E-state index contributed by atoms with van der Waals surface area (Å²) in [5.41, 5.74) is 0.648. The Morgan fingerprint density at radius 2 is 1.94 bits per heavy atom. The predicted octanol–water partition coefficient (Wildman–Crippen LogP) is 2.98. The maximum Gasteiger partial charge on any atom is 0.331 e. The molecule has 1 aromatic rings. The second kappa shape index (κ2) is 4.33. The highest BCUT2D eigenvalue weighted by Gasteiger charge is 2.43. The number of hydrogen-bond donors (Lipinski definition) is 0. The molecule has 17 heavy (non-hydrogen) atoms. The lowest BCUT2D eigenvalue weighted by Crippen LogP contribution is -2.28. The summed E-state index contributed by atoms with van der Waals surface area (Å²) in [5.74, 6) is -0.139. The molecule has 92 valence electrons. The maximum absolute atomic E-state index is 11.8. The molecule has 0 aromatic heterocycles. The summed E-state index contributed by atoms with van der Waals surface area (Å²) in [5, 5.41) is 0. The number of hydrogen-bond acceptors (Lipinski definition) is 3. The zero-order chi connectivity index (χ0) is 12.6. The van der Waals surface area contributed by atoms with Crippen LogP contribution in [0.3, 0.4) is 0 Å². The molecule has 0 unspecified atom stereocenters. The number of ether oxygens (including phenoxy) is 1. The molecule has 1 atom stereocenters. The molecule has 0 radical (unpaired) electrons. The Balaban J connectivity index is 1.96. The van der Waals surface area contributed by atoms with Crippen molar-refractivity contribution < 1.29 is 9.53 Å². The lowest BCUT2D eigenvalue weighted by atomic mass is 10.2. The average Bonchev–Trinajstić information content (AvgIpc) is 2.96. The first-order valence-electron chi connectivity index (χ1n) is 5.62. The zero-order valence-corrected chi connectivity index (χ0v) is 11.8.